The van der Waals surface area contributed by atoms with Crippen LogP contribution in [0.25, 0.3) is 0 Å². The van der Waals surface area contributed by atoms with Crippen LogP contribution in [-0.4, -0.2) is 22.8 Å². The SMILES string of the molecule is COc1nn(C)cc1C(=O)Nc1ccc(F)cc1F. The maximum atomic E-state index is 13.4. The number of methoxy groups -OCH3 is 1. The number of anilines is 1. The highest BCUT2D eigenvalue weighted by Gasteiger charge is 2.17. The zero-order valence-electron chi connectivity index (χ0n) is 10.3. The van der Waals surface area contributed by atoms with Gasteiger partial charge in [-0.05, 0) is 12.1 Å². The van der Waals surface area contributed by atoms with Crippen molar-refractivity contribution in [1.29, 1.82) is 0 Å². The molecule has 0 radical (unpaired) electrons. The molecule has 1 aromatic heterocycles. The Kier molecular flexibility index (Phi) is 3.46. The minimum atomic E-state index is -0.851. The van der Waals surface area contributed by atoms with E-state index in [0.29, 0.717) is 6.07 Å². The lowest BCUT2D eigenvalue weighted by atomic mass is 10.2. The van der Waals surface area contributed by atoms with Gasteiger partial charge in [0.15, 0.2) is 0 Å². The Hall–Kier alpha value is -2.44. The summed E-state index contributed by atoms with van der Waals surface area (Å²) in [4.78, 5) is 11.9. The van der Waals surface area contributed by atoms with Gasteiger partial charge in [0.2, 0.25) is 5.88 Å². The Morgan fingerprint density at radius 3 is 2.79 bits per heavy atom. The number of carbonyl (C=O) groups is 1. The van der Waals surface area contributed by atoms with Crippen LogP contribution in [-0.2, 0) is 7.05 Å². The molecule has 7 heteroatoms. The number of aromatic nitrogens is 2. The average molecular weight is 267 g/mol. The first-order chi connectivity index (χ1) is 9.01. The number of hydrogen-bond acceptors (Lipinski definition) is 3. The first kappa shape index (κ1) is 13.0. The van der Waals surface area contributed by atoms with Gasteiger partial charge in [-0.1, -0.05) is 0 Å². The van der Waals surface area contributed by atoms with E-state index in [9.17, 15) is 13.6 Å². The molecule has 19 heavy (non-hydrogen) atoms. The van der Waals surface area contributed by atoms with E-state index >= 15 is 0 Å². The third-order valence-electron chi connectivity index (χ3n) is 2.41. The molecule has 0 aliphatic rings. The van der Waals surface area contributed by atoms with Gasteiger partial charge in [-0.2, -0.15) is 0 Å². The Morgan fingerprint density at radius 2 is 2.16 bits per heavy atom. The molecule has 2 rings (SSSR count). The van der Waals surface area contributed by atoms with Gasteiger partial charge in [0, 0.05) is 19.3 Å². The van der Waals surface area contributed by atoms with Crippen molar-refractivity contribution in [2.24, 2.45) is 7.05 Å². The number of amides is 1. The third kappa shape index (κ3) is 2.70. The van der Waals surface area contributed by atoms with Crippen LogP contribution in [0.1, 0.15) is 10.4 Å². The van der Waals surface area contributed by atoms with Crippen molar-refractivity contribution >= 4 is 11.6 Å². The lowest BCUT2D eigenvalue weighted by Crippen LogP contribution is -2.13. The predicted molar refractivity (Wildman–Crippen MR) is 64.1 cm³/mol. The van der Waals surface area contributed by atoms with Crippen molar-refractivity contribution < 1.29 is 18.3 Å². The monoisotopic (exact) mass is 267 g/mol. The number of carbonyl (C=O) groups excluding carboxylic acids is 1. The summed E-state index contributed by atoms with van der Waals surface area (Å²) in [6, 6.07) is 2.89. The molecule has 1 N–H and O–H groups in total. The molecule has 0 fully saturated rings. The summed E-state index contributed by atoms with van der Waals surface area (Å²) in [7, 11) is 3.00. The first-order valence-electron chi connectivity index (χ1n) is 5.35. The number of nitrogens with one attached hydrogen (secondary N) is 1. The van der Waals surface area contributed by atoms with Crippen LogP contribution in [0.5, 0.6) is 5.88 Å². The fourth-order valence-corrected chi connectivity index (χ4v) is 1.56. The summed E-state index contributed by atoms with van der Waals surface area (Å²) in [6.45, 7) is 0. The van der Waals surface area contributed by atoms with Crippen LogP contribution >= 0.6 is 0 Å². The summed E-state index contributed by atoms with van der Waals surface area (Å²) in [6.07, 6.45) is 1.44. The summed E-state index contributed by atoms with van der Waals surface area (Å²) < 4.78 is 32.5. The first-order valence-corrected chi connectivity index (χ1v) is 5.35. The number of aryl methyl sites for hydroxylation is 1. The molecule has 0 spiro atoms. The van der Waals surface area contributed by atoms with Gasteiger partial charge in [0.1, 0.15) is 17.2 Å². The zero-order chi connectivity index (χ0) is 14.0. The van der Waals surface area contributed by atoms with Gasteiger partial charge in [0.25, 0.3) is 5.91 Å². The van der Waals surface area contributed by atoms with Crippen molar-refractivity contribution in [3.05, 3.63) is 41.6 Å². The van der Waals surface area contributed by atoms with E-state index in [0.717, 1.165) is 12.1 Å². The summed E-state index contributed by atoms with van der Waals surface area (Å²) in [5.74, 6) is -2.02. The molecule has 0 bridgehead atoms. The van der Waals surface area contributed by atoms with Crippen LogP contribution in [0.3, 0.4) is 0 Å². The second kappa shape index (κ2) is 5.05. The Labute approximate surface area is 107 Å². The average Bonchev–Trinajstić information content (AvgIpc) is 2.74. The van der Waals surface area contributed by atoms with Crippen LogP contribution in [0.4, 0.5) is 14.5 Å². The summed E-state index contributed by atoms with van der Waals surface area (Å²) in [5.41, 5.74) is 0.0473. The molecule has 2 aromatic rings. The standard InChI is InChI=1S/C12H11F2N3O2/c1-17-6-8(12(16-17)19-2)11(18)15-10-4-3-7(13)5-9(10)14/h3-6H,1-2H3,(H,15,18). The van der Waals surface area contributed by atoms with Crippen molar-refractivity contribution in [3.8, 4) is 5.88 Å². The van der Waals surface area contributed by atoms with Crippen LogP contribution < -0.4 is 10.1 Å². The van der Waals surface area contributed by atoms with Crippen LogP contribution in [0.2, 0.25) is 0 Å². The molecule has 0 saturated carbocycles. The molecule has 0 aliphatic carbocycles. The molecular formula is C12H11F2N3O2. The molecule has 5 nitrogen and oxygen atoms in total. The van der Waals surface area contributed by atoms with Gasteiger partial charge >= 0.3 is 0 Å². The molecule has 1 heterocycles. The predicted octanol–water partition coefficient (Wildman–Crippen LogP) is 1.96. The molecular weight excluding hydrogens is 256 g/mol. The van der Waals surface area contributed by atoms with E-state index in [4.69, 9.17) is 4.74 Å². The van der Waals surface area contributed by atoms with Crippen molar-refractivity contribution in [1.82, 2.24) is 9.78 Å². The maximum Gasteiger partial charge on any atom is 0.262 e. The normalized spacial score (nSPS) is 10.3. The fraction of sp³-hybridized carbons (Fsp3) is 0.167. The molecule has 0 saturated heterocycles. The van der Waals surface area contributed by atoms with Crippen molar-refractivity contribution in [2.45, 2.75) is 0 Å². The van der Waals surface area contributed by atoms with Gasteiger partial charge in [-0.25, -0.2) is 8.78 Å². The molecule has 0 unspecified atom stereocenters. The summed E-state index contributed by atoms with van der Waals surface area (Å²) in [5, 5.41) is 6.24. The molecule has 0 atom stereocenters. The highest BCUT2D eigenvalue weighted by Crippen LogP contribution is 2.19. The molecule has 100 valence electrons. The largest absolute Gasteiger partial charge is 0.479 e. The Balaban J connectivity index is 2.25. The van der Waals surface area contributed by atoms with Gasteiger partial charge in [-0.15, -0.1) is 5.10 Å². The fourth-order valence-electron chi connectivity index (χ4n) is 1.56. The number of hydrogen-bond donors (Lipinski definition) is 1. The summed E-state index contributed by atoms with van der Waals surface area (Å²) >= 11 is 0. The quantitative estimate of drug-likeness (QED) is 0.924. The smallest absolute Gasteiger partial charge is 0.262 e. The van der Waals surface area contributed by atoms with E-state index < -0.39 is 17.5 Å². The number of rotatable bonds is 3. The Morgan fingerprint density at radius 1 is 1.42 bits per heavy atom. The van der Waals surface area contributed by atoms with Crippen LogP contribution in [0.15, 0.2) is 24.4 Å². The van der Waals surface area contributed by atoms with Crippen LogP contribution in [0, 0.1) is 11.6 Å². The zero-order valence-corrected chi connectivity index (χ0v) is 10.3. The van der Waals surface area contributed by atoms with E-state index in [-0.39, 0.29) is 17.1 Å². The molecule has 0 aliphatic heterocycles. The van der Waals surface area contributed by atoms with Crippen molar-refractivity contribution in [3.63, 3.8) is 0 Å². The third-order valence-corrected chi connectivity index (χ3v) is 2.41. The second-order valence-corrected chi connectivity index (χ2v) is 3.80. The lowest BCUT2D eigenvalue weighted by Gasteiger charge is -2.05. The maximum absolute atomic E-state index is 13.4. The van der Waals surface area contributed by atoms with E-state index in [1.54, 1.807) is 7.05 Å². The highest BCUT2D eigenvalue weighted by molar-refractivity contribution is 6.05. The molecule has 1 aromatic carbocycles. The van der Waals surface area contributed by atoms with Gasteiger partial charge in [0.05, 0.1) is 12.8 Å². The topological polar surface area (TPSA) is 56.2 Å². The Bertz CT molecular complexity index is 625. The lowest BCUT2D eigenvalue weighted by molar-refractivity contribution is 0.102. The van der Waals surface area contributed by atoms with E-state index in [1.807, 2.05) is 0 Å². The number of benzene rings is 1. The van der Waals surface area contributed by atoms with Gasteiger partial charge < -0.3 is 10.1 Å². The van der Waals surface area contributed by atoms with E-state index in [1.165, 1.54) is 18.0 Å². The number of ether oxygens (including phenoxy) is 1. The van der Waals surface area contributed by atoms with E-state index in [2.05, 4.69) is 10.4 Å². The minimum Gasteiger partial charge on any atom is -0.479 e. The molecule has 1 amide bonds. The minimum absolute atomic E-state index is 0.114. The van der Waals surface area contributed by atoms with Crippen molar-refractivity contribution in [2.75, 3.05) is 12.4 Å². The van der Waals surface area contributed by atoms with Gasteiger partial charge in [-0.3, -0.25) is 9.48 Å². The number of nitrogens with zero attached hydrogens (tertiary/aromatic N) is 2. The number of halogens is 2. The highest BCUT2D eigenvalue weighted by atomic mass is 19.1. The second-order valence-electron chi connectivity index (χ2n) is 3.80.